The van der Waals surface area contributed by atoms with Gasteiger partial charge in [0.1, 0.15) is 5.75 Å². The van der Waals surface area contributed by atoms with Crippen molar-refractivity contribution in [1.29, 1.82) is 0 Å². The normalized spacial score (nSPS) is 14.0. The van der Waals surface area contributed by atoms with Crippen LogP contribution in [0.4, 0.5) is 0 Å². The van der Waals surface area contributed by atoms with Gasteiger partial charge >= 0.3 is 0 Å². The van der Waals surface area contributed by atoms with E-state index in [9.17, 15) is 0 Å². The van der Waals surface area contributed by atoms with Crippen LogP contribution < -0.4 is 10.5 Å². The van der Waals surface area contributed by atoms with Gasteiger partial charge in [-0.15, -0.1) is 0 Å². The maximum atomic E-state index is 6.51. The van der Waals surface area contributed by atoms with Gasteiger partial charge in [-0.25, -0.2) is 0 Å². The quantitative estimate of drug-likeness (QED) is 0.888. The standard InChI is InChI=1S/C17H25N3O/c1-5-20-15(10-13(2)19-20)12-17(3,18)11-14-6-8-16(21-4)9-7-14/h6-10H,5,11-12,18H2,1-4H3. The monoisotopic (exact) mass is 287 g/mol. The minimum atomic E-state index is -0.298. The number of methoxy groups -OCH3 is 1. The van der Waals surface area contributed by atoms with Crippen molar-refractivity contribution in [2.24, 2.45) is 5.73 Å². The molecule has 2 rings (SSSR count). The van der Waals surface area contributed by atoms with Gasteiger partial charge in [-0.1, -0.05) is 12.1 Å². The zero-order valence-electron chi connectivity index (χ0n) is 13.4. The van der Waals surface area contributed by atoms with Gasteiger partial charge < -0.3 is 10.5 Å². The maximum absolute atomic E-state index is 6.51. The molecule has 0 radical (unpaired) electrons. The Balaban J connectivity index is 2.09. The molecule has 4 nitrogen and oxygen atoms in total. The second-order valence-electron chi connectivity index (χ2n) is 5.95. The summed E-state index contributed by atoms with van der Waals surface area (Å²) >= 11 is 0. The lowest BCUT2D eigenvalue weighted by molar-refractivity contribution is 0.413. The molecule has 0 bridgehead atoms. The topological polar surface area (TPSA) is 53.1 Å². The Bertz CT molecular complexity index is 585. The summed E-state index contributed by atoms with van der Waals surface area (Å²) in [5.41, 5.74) is 9.69. The van der Waals surface area contributed by atoms with Crippen LogP contribution in [-0.4, -0.2) is 22.4 Å². The molecule has 0 amide bonds. The summed E-state index contributed by atoms with van der Waals surface area (Å²) in [6.07, 6.45) is 1.64. The van der Waals surface area contributed by atoms with Crippen LogP contribution in [0.1, 0.15) is 30.8 Å². The molecule has 21 heavy (non-hydrogen) atoms. The van der Waals surface area contributed by atoms with Crippen molar-refractivity contribution in [3.05, 3.63) is 47.3 Å². The van der Waals surface area contributed by atoms with E-state index in [0.717, 1.165) is 30.8 Å². The number of aromatic nitrogens is 2. The van der Waals surface area contributed by atoms with Gasteiger partial charge in [0.2, 0.25) is 0 Å². The van der Waals surface area contributed by atoms with Crippen molar-refractivity contribution >= 4 is 0 Å². The van der Waals surface area contributed by atoms with Gasteiger partial charge in [-0.2, -0.15) is 5.10 Å². The van der Waals surface area contributed by atoms with Crippen LogP contribution in [0.3, 0.4) is 0 Å². The first-order valence-electron chi connectivity index (χ1n) is 7.38. The number of hydrogen-bond acceptors (Lipinski definition) is 3. The van der Waals surface area contributed by atoms with Crippen LogP contribution in [0.25, 0.3) is 0 Å². The summed E-state index contributed by atoms with van der Waals surface area (Å²) in [5, 5.41) is 4.49. The number of nitrogens with zero attached hydrogens (tertiary/aromatic N) is 2. The predicted octanol–water partition coefficient (Wildman–Crippen LogP) is 2.72. The van der Waals surface area contributed by atoms with E-state index in [0.29, 0.717) is 0 Å². The van der Waals surface area contributed by atoms with Gasteiger partial charge in [0.25, 0.3) is 0 Å². The largest absolute Gasteiger partial charge is 0.497 e. The lowest BCUT2D eigenvalue weighted by Crippen LogP contribution is -2.41. The fourth-order valence-electron chi connectivity index (χ4n) is 2.70. The van der Waals surface area contributed by atoms with Crippen molar-refractivity contribution in [3.8, 4) is 5.75 Å². The molecule has 0 saturated heterocycles. The Labute approximate surface area is 126 Å². The van der Waals surface area contributed by atoms with Crippen molar-refractivity contribution in [2.75, 3.05) is 7.11 Å². The fraction of sp³-hybridized carbons (Fsp3) is 0.471. The van der Waals surface area contributed by atoms with E-state index < -0.39 is 0 Å². The highest BCUT2D eigenvalue weighted by atomic mass is 16.5. The van der Waals surface area contributed by atoms with E-state index in [-0.39, 0.29) is 5.54 Å². The molecular formula is C17H25N3O. The number of benzene rings is 1. The summed E-state index contributed by atoms with van der Waals surface area (Å²) in [7, 11) is 1.68. The zero-order valence-corrected chi connectivity index (χ0v) is 13.4. The molecule has 2 aromatic rings. The van der Waals surface area contributed by atoms with Crippen molar-refractivity contribution in [2.45, 2.75) is 45.7 Å². The van der Waals surface area contributed by atoms with Crippen LogP contribution in [-0.2, 0) is 19.4 Å². The predicted molar refractivity (Wildman–Crippen MR) is 85.6 cm³/mol. The molecule has 1 aromatic carbocycles. The molecule has 0 spiro atoms. The number of nitrogens with two attached hydrogens (primary N) is 1. The van der Waals surface area contributed by atoms with E-state index in [1.165, 1.54) is 11.3 Å². The third kappa shape index (κ3) is 4.08. The Morgan fingerprint density at radius 2 is 1.90 bits per heavy atom. The molecule has 1 unspecified atom stereocenters. The number of aryl methyl sites for hydroxylation is 2. The zero-order chi connectivity index (χ0) is 15.5. The molecule has 1 atom stereocenters. The molecule has 2 N–H and O–H groups in total. The lowest BCUT2D eigenvalue weighted by Gasteiger charge is -2.25. The highest BCUT2D eigenvalue weighted by Gasteiger charge is 2.22. The molecular weight excluding hydrogens is 262 g/mol. The third-order valence-corrected chi connectivity index (χ3v) is 3.64. The van der Waals surface area contributed by atoms with Gasteiger partial charge in [0, 0.05) is 24.2 Å². The van der Waals surface area contributed by atoms with Gasteiger partial charge in [-0.05, 0) is 51.0 Å². The molecule has 114 valence electrons. The summed E-state index contributed by atoms with van der Waals surface area (Å²) in [4.78, 5) is 0. The van der Waals surface area contributed by atoms with Gasteiger partial charge in [0.15, 0.2) is 0 Å². The highest BCUT2D eigenvalue weighted by molar-refractivity contribution is 5.28. The molecule has 0 fully saturated rings. The first-order chi connectivity index (χ1) is 9.93. The van der Waals surface area contributed by atoms with Crippen LogP contribution in [0.15, 0.2) is 30.3 Å². The van der Waals surface area contributed by atoms with E-state index >= 15 is 0 Å². The number of rotatable bonds is 6. The van der Waals surface area contributed by atoms with Crippen LogP contribution >= 0.6 is 0 Å². The first-order valence-corrected chi connectivity index (χ1v) is 7.38. The van der Waals surface area contributed by atoms with Crippen LogP contribution in [0.5, 0.6) is 5.75 Å². The number of ether oxygens (including phenoxy) is 1. The molecule has 0 aliphatic rings. The third-order valence-electron chi connectivity index (χ3n) is 3.64. The second kappa shape index (κ2) is 6.31. The molecule has 0 aliphatic carbocycles. The van der Waals surface area contributed by atoms with E-state index in [2.05, 4.69) is 37.1 Å². The molecule has 1 aromatic heterocycles. The Kier molecular flexibility index (Phi) is 4.68. The Hall–Kier alpha value is -1.81. The number of hydrogen-bond donors (Lipinski definition) is 1. The summed E-state index contributed by atoms with van der Waals surface area (Å²) in [6, 6.07) is 10.2. The average Bonchev–Trinajstić information content (AvgIpc) is 2.78. The van der Waals surface area contributed by atoms with E-state index in [1.807, 2.05) is 23.7 Å². The first kappa shape index (κ1) is 15.6. The van der Waals surface area contributed by atoms with Gasteiger partial charge in [0.05, 0.1) is 12.8 Å². The molecule has 0 aliphatic heterocycles. The lowest BCUT2D eigenvalue weighted by atomic mass is 9.89. The minimum Gasteiger partial charge on any atom is -0.497 e. The average molecular weight is 287 g/mol. The minimum absolute atomic E-state index is 0.298. The van der Waals surface area contributed by atoms with Crippen LogP contribution in [0.2, 0.25) is 0 Å². The second-order valence-corrected chi connectivity index (χ2v) is 5.95. The van der Waals surface area contributed by atoms with E-state index in [1.54, 1.807) is 7.11 Å². The Morgan fingerprint density at radius 3 is 2.48 bits per heavy atom. The maximum Gasteiger partial charge on any atom is 0.118 e. The SMILES string of the molecule is CCn1nc(C)cc1CC(C)(N)Cc1ccc(OC)cc1. The highest BCUT2D eigenvalue weighted by Crippen LogP contribution is 2.19. The Morgan fingerprint density at radius 1 is 1.24 bits per heavy atom. The van der Waals surface area contributed by atoms with Crippen molar-refractivity contribution in [1.82, 2.24) is 9.78 Å². The summed E-state index contributed by atoms with van der Waals surface area (Å²) < 4.78 is 7.22. The van der Waals surface area contributed by atoms with E-state index in [4.69, 9.17) is 10.5 Å². The van der Waals surface area contributed by atoms with Crippen molar-refractivity contribution in [3.63, 3.8) is 0 Å². The van der Waals surface area contributed by atoms with Gasteiger partial charge in [-0.3, -0.25) is 4.68 Å². The summed E-state index contributed by atoms with van der Waals surface area (Å²) in [5.74, 6) is 0.872. The fourth-order valence-corrected chi connectivity index (χ4v) is 2.70. The van der Waals surface area contributed by atoms with Crippen LogP contribution in [0, 0.1) is 6.92 Å². The van der Waals surface area contributed by atoms with Crippen molar-refractivity contribution < 1.29 is 4.74 Å². The summed E-state index contributed by atoms with van der Waals surface area (Å²) in [6.45, 7) is 7.10. The molecule has 0 saturated carbocycles. The molecule has 1 heterocycles. The molecule has 4 heteroatoms. The smallest absolute Gasteiger partial charge is 0.118 e.